The number of Topliss-reactive ketones (excluding diaryl/α,β-unsaturated/α-hetero) is 1. The van der Waals surface area contributed by atoms with Gasteiger partial charge in [0, 0.05) is 25.4 Å². The zero-order chi connectivity index (χ0) is 16.3. The molecular formula is C18H25NO3. The van der Waals surface area contributed by atoms with E-state index in [-0.39, 0.29) is 24.2 Å². The molecule has 1 aromatic rings. The van der Waals surface area contributed by atoms with Crippen molar-refractivity contribution < 1.29 is 14.3 Å². The minimum atomic E-state index is -0.542. The molecule has 1 aromatic carbocycles. The van der Waals surface area contributed by atoms with E-state index in [0.717, 1.165) is 5.56 Å². The second-order valence-corrected chi connectivity index (χ2v) is 6.87. The Morgan fingerprint density at radius 2 is 1.91 bits per heavy atom. The third kappa shape index (κ3) is 4.17. The predicted octanol–water partition coefficient (Wildman–Crippen LogP) is 3.12. The number of hydrogen-bond donors (Lipinski definition) is 0. The van der Waals surface area contributed by atoms with E-state index in [9.17, 15) is 9.59 Å². The molecule has 1 unspecified atom stereocenters. The number of rotatable bonds is 3. The minimum absolute atomic E-state index is 0.0758. The predicted molar refractivity (Wildman–Crippen MR) is 85.4 cm³/mol. The van der Waals surface area contributed by atoms with Crippen molar-refractivity contribution in [1.82, 2.24) is 4.90 Å². The number of hydrogen-bond acceptors (Lipinski definition) is 4. The highest BCUT2D eigenvalue weighted by molar-refractivity contribution is 5.88. The fraction of sp³-hybridized carbons (Fsp3) is 0.556. The van der Waals surface area contributed by atoms with Gasteiger partial charge in [0.1, 0.15) is 17.4 Å². The molecule has 4 nitrogen and oxygen atoms in total. The molecule has 1 aliphatic heterocycles. The summed E-state index contributed by atoms with van der Waals surface area (Å²) in [5.41, 5.74) is 0.601. The van der Waals surface area contributed by atoms with Crippen molar-refractivity contribution in [3.05, 3.63) is 35.9 Å². The fourth-order valence-corrected chi connectivity index (χ4v) is 2.82. The topological polar surface area (TPSA) is 46.6 Å². The lowest BCUT2D eigenvalue weighted by molar-refractivity contribution is -0.165. The molecule has 22 heavy (non-hydrogen) atoms. The maximum atomic E-state index is 12.5. The van der Waals surface area contributed by atoms with Crippen LogP contribution in [0.4, 0.5) is 0 Å². The van der Waals surface area contributed by atoms with Crippen LogP contribution in [0.1, 0.15) is 52.1 Å². The highest BCUT2D eigenvalue weighted by Crippen LogP contribution is 2.28. The highest BCUT2D eigenvalue weighted by Gasteiger charge is 2.37. The average molecular weight is 303 g/mol. The Morgan fingerprint density at radius 3 is 2.50 bits per heavy atom. The summed E-state index contributed by atoms with van der Waals surface area (Å²) in [6, 6.07) is 9.64. The smallest absolute Gasteiger partial charge is 0.324 e. The summed E-state index contributed by atoms with van der Waals surface area (Å²) in [5.74, 6) is -0.171. The third-order valence-electron chi connectivity index (χ3n) is 3.93. The van der Waals surface area contributed by atoms with Crippen LogP contribution in [-0.4, -0.2) is 34.8 Å². The molecule has 0 N–H and O–H groups in total. The van der Waals surface area contributed by atoms with Crippen LogP contribution >= 0.6 is 0 Å². The first-order chi connectivity index (χ1) is 10.3. The van der Waals surface area contributed by atoms with Gasteiger partial charge in [0.15, 0.2) is 0 Å². The number of piperidine rings is 1. The molecule has 0 saturated carbocycles. The maximum Gasteiger partial charge on any atom is 0.324 e. The highest BCUT2D eigenvalue weighted by atomic mass is 16.6. The molecule has 0 aromatic heterocycles. The van der Waals surface area contributed by atoms with E-state index in [1.54, 1.807) is 0 Å². The molecule has 0 amide bonds. The first kappa shape index (κ1) is 16.7. The molecule has 0 aliphatic carbocycles. The van der Waals surface area contributed by atoms with Gasteiger partial charge in [0.05, 0.1) is 0 Å². The number of carbonyl (C=O) groups is 2. The van der Waals surface area contributed by atoms with E-state index in [1.807, 2.05) is 51.1 Å². The van der Waals surface area contributed by atoms with Gasteiger partial charge in [-0.15, -0.1) is 0 Å². The van der Waals surface area contributed by atoms with Crippen LogP contribution in [0.3, 0.4) is 0 Å². The number of likely N-dealkylation sites (tertiary alicyclic amines) is 1. The zero-order valence-corrected chi connectivity index (χ0v) is 13.8. The number of esters is 1. The van der Waals surface area contributed by atoms with E-state index >= 15 is 0 Å². The van der Waals surface area contributed by atoms with Crippen LogP contribution in [0.25, 0.3) is 0 Å². The molecule has 120 valence electrons. The van der Waals surface area contributed by atoms with Crippen molar-refractivity contribution >= 4 is 11.8 Å². The van der Waals surface area contributed by atoms with Gasteiger partial charge in [-0.3, -0.25) is 14.5 Å². The first-order valence-corrected chi connectivity index (χ1v) is 7.83. The molecule has 4 heteroatoms. The Kier molecular flexibility index (Phi) is 5.01. The van der Waals surface area contributed by atoms with E-state index in [2.05, 4.69) is 11.8 Å². The summed E-state index contributed by atoms with van der Waals surface area (Å²) in [7, 11) is 0. The number of carbonyl (C=O) groups excluding carboxylic acids is 2. The second-order valence-electron chi connectivity index (χ2n) is 6.87. The normalized spacial score (nSPS) is 21.5. The molecule has 1 aliphatic rings. The van der Waals surface area contributed by atoms with Crippen LogP contribution < -0.4 is 0 Å². The molecule has 1 fully saturated rings. The van der Waals surface area contributed by atoms with E-state index in [1.165, 1.54) is 0 Å². The van der Waals surface area contributed by atoms with Crippen molar-refractivity contribution in [3.8, 4) is 0 Å². The van der Waals surface area contributed by atoms with Gasteiger partial charge in [0.2, 0.25) is 0 Å². The number of ether oxygens (including phenoxy) is 1. The van der Waals surface area contributed by atoms with Crippen LogP contribution in [-0.2, 0) is 14.3 Å². The Balaban J connectivity index is 2.19. The molecule has 0 radical (unpaired) electrons. The van der Waals surface area contributed by atoms with Crippen LogP contribution in [0, 0.1) is 0 Å². The summed E-state index contributed by atoms with van der Waals surface area (Å²) in [4.78, 5) is 26.4. The lowest BCUT2D eigenvalue weighted by Crippen LogP contribution is -2.50. The number of ketones is 1. The SMILES string of the molecule is C[C@@H](c1ccccc1)N1CCC(=O)CC1C(=O)OC(C)(C)C. The van der Waals surface area contributed by atoms with Crippen molar-refractivity contribution in [2.24, 2.45) is 0 Å². The molecule has 2 atom stereocenters. The van der Waals surface area contributed by atoms with Gasteiger partial charge in [-0.2, -0.15) is 0 Å². The molecular weight excluding hydrogens is 278 g/mol. The number of nitrogens with zero attached hydrogens (tertiary/aromatic N) is 1. The first-order valence-electron chi connectivity index (χ1n) is 7.83. The van der Waals surface area contributed by atoms with Gasteiger partial charge in [0.25, 0.3) is 0 Å². The minimum Gasteiger partial charge on any atom is -0.459 e. The Morgan fingerprint density at radius 1 is 1.27 bits per heavy atom. The largest absolute Gasteiger partial charge is 0.459 e. The Labute approximate surface area is 132 Å². The van der Waals surface area contributed by atoms with Crippen molar-refractivity contribution in [2.45, 2.75) is 58.2 Å². The summed E-state index contributed by atoms with van der Waals surface area (Å²) in [6.07, 6.45) is 0.739. The molecule has 2 rings (SSSR count). The average Bonchev–Trinajstić information content (AvgIpc) is 2.45. The fourth-order valence-electron chi connectivity index (χ4n) is 2.82. The zero-order valence-electron chi connectivity index (χ0n) is 13.8. The van der Waals surface area contributed by atoms with Gasteiger partial charge < -0.3 is 4.74 Å². The van der Waals surface area contributed by atoms with Crippen LogP contribution in [0.5, 0.6) is 0 Å². The van der Waals surface area contributed by atoms with Crippen molar-refractivity contribution in [2.75, 3.05) is 6.54 Å². The lowest BCUT2D eigenvalue weighted by atomic mass is 9.96. The van der Waals surface area contributed by atoms with Gasteiger partial charge in [-0.25, -0.2) is 0 Å². The third-order valence-corrected chi connectivity index (χ3v) is 3.93. The van der Waals surface area contributed by atoms with Gasteiger partial charge in [-0.1, -0.05) is 30.3 Å². The summed E-state index contributed by atoms with van der Waals surface area (Å²) < 4.78 is 5.51. The van der Waals surface area contributed by atoms with Gasteiger partial charge in [-0.05, 0) is 33.3 Å². The molecule has 1 saturated heterocycles. The van der Waals surface area contributed by atoms with E-state index in [0.29, 0.717) is 13.0 Å². The number of benzene rings is 1. The van der Waals surface area contributed by atoms with Gasteiger partial charge >= 0.3 is 5.97 Å². The summed E-state index contributed by atoms with van der Waals surface area (Å²) >= 11 is 0. The van der Waals surface area contributed by atoms with Crippen molar-refractivity contribution in [1.29, 1.82) is 0 Å². The van der Waals surface area contributed by atoms with E-state index < -0.39 is 11.6 Å². The maximum absolute atomic E-state index is 12.5. The quantitative estimate of drug-likeness (QED) is 0.805. The standard InChI is InChI=1S/C18H25NO3/c1-13(14-8-6-5-7-9-14)19-11-10-15(20)12-16(19)17(21)22-18(2,3)4/h5-9,13,16H,10-12H2,1-4H3/t13-,16?/m0/s1. The Bertz CT molecular complexity index is 533. The summed E-state index contributed by atoms with van der Waals surface area (Å²) in [6.45, 7) is 8.21. The summed E-state index contributed by atoms with van der Waals surface area (Å²) in [5, 5.41) is 0. The monoisotopic (exact) mass is 303 g/mol. The lowest BCUT2D eigenvalue weighted by Gasteiger charge is -2.39. The van der Waals surface area contributed by atoms with Crippen LogP contribution in [0.15, 0.2) is 30.3 Å². The second kappa shape index (κ2) is 6.61. The van der Waals surface area contributed by atoms with Crippen molar-refractivity contribution in [3.63, 3.8) is 0 Å². The van der Waals surface area contributed by atoms with Crippen LogP contribution in [0.2, 0.25) is 0 Å². The molecule has 1 heterocycles. The molecule has 0 bridgehead atoms. The Hall–Kier alpha value is -1.68. The van der Waals surface area contributed by atoms with E-state index in [4.69, 9.17) is 4.74 Å². The molecule has 0 spiro atoms.